The minimum atomic E-state index is -3.85. The maximum atomic E-state index is 12.8. The number of hydrogen-bond donors (Lipinski definition) is 1. The monoisotopic (exact) mass is 544 g/mol. The fourth-order valence-corrected chi connectivity index (χ4v) is 4.46. The van der Waals surface area contributed by atoms with Gasteiger partial charge in [0.25, 0.3) is 0 Å². The molecular formula is C24H25ClN6O5S. The van der Waals surface area contributed by atoms with Crippen LogP contribution in [0, 0.1) is 0 Å². The Morgan fingerprint density at radius 2 is 1.78 bits per heavy atom. The van der Waals surface area contributed by atoms with E-state index in [-0.39, 0.29) is 13.0 Å². The zero-order valence-electron chi connectivity index (χ0n) is 20.3. The second-order valence-electron chi connectivity index (χ2n) is 7.93. The summed E-state index contributed by atoms with van der Waals surface area (Å²) in [4.78, 5) is 15.9. The Balaban J connectivity index is 1.60. The van der Waals surface area contributed by atoms with Gasteiger partial charge in [-0.3, -0.25) is 19.4 Å². The Morgan fingerprint density at radius 3 is 2.41 bits per heavy atom. The Bertz CT molecular complexity index is 1430. The van der Waals surface area contributed by atoms with E-state index in [0.717, 1.165) is 0 Å². The summed E-state index contributed by atoms with van der Waals surface area (Å²) < 4.78 is 38.4. The first kappa shape index (κ1) is 26.5. The van der Waals surface area contributed by atoms with E-state index in [9.17, 15) is 8.42 Å². The third kappa shape index (κ3) is 6.05. The molecule has 3 heterocycles. The fourth-order valence-electron chi connectivity index (χ4n) is 3.57. The number of nitrogens with zero attached hydrogens (tertiary/aromatic N) is 5. The summed E-state index contributed by atoms with van der Waals surface area (Å²) in [7, 11) is -0.779. The van der Waals surface area contributed by atoms with Crippen molar-refractivity contribution in [1.82, 2.24) is 29.6 Å². The van der Waals surface area contributed by atoms with Gasteiger partial charge in [0.15, 0.2) is 11.6 Å². The molecule has 0 unspecified atom stereocenters. The van der Waals surface area contributed by atoms with Crippen LogP contribution >= 0.6 is 11.6 Å². The summed E-state index contributed by atoms with van der Waals surface area (Å²) in [6, 6.07) is 12.3. The van der Waals surface area contributed by atoms with Crippen molar-refractivity contribution in [2.75, 3.05) is 14.2 Å². The molecule has 11 nitrogen and oxygen atoms in total. The highest BCUT2D eigenvalue weighted by Crippen LogP contribution is 2.36. The summed E-state index contributed by atoms with van der Waals surface area (Å²) in [5.41, 5.74) is 1.80. The van der Waals surface area contributed by atoms with Crippen molar-refractivity contribution in [3.8, 4) is 28.6 Å². The molecule has 1 atom stereocenters. The van der Waals surface area contributed by atoms with Crippen LogP contribution in [0.4, 0.5) is 0 Å². The molecule has 0 fully saturated rings. The lowest BCUT2D eigenvalue weighted by Gasteiger charge is -2.17. The van der Waals surface area contributed by atoms with Gasteiger partial charge in [0, 0.05) is 36.3 Å². The van der Waals surface area contributed by atoms with Crippen LogP contribution in [0.1, 0.15) is 18.4 Å². The molecule has 1 aromatic carbocycles. The van der Waals surface area contributed by atoms with Gasteiger partial charge in [-0.25, -0.2) is 8.42 Å². The van der Waals surface area contributed by atoms with Crippen LogP contribution in [-0.2, 0) is 27.9 Å². The number of rotatable bonds is 11. The molecule has 4 rings (SSSR count). The van der Waals surface area contributed by atoms with E-state index < -0.39 is 15.3 Å². The lowest BCUT2D eigenvalue weighted by Crippen LogP contribution is -2.34. The summed E-state index contributed by atoms with van der Waals surface area (Å²) in [5.74, 6) is 1.74. The number of sulfonamides is 1. The van der Waals surface area contributed by atoms with Crippen molar-refractivity contribution < 1.29 is 22.7 Å². The van der Waals surface area contributed by atoms with E-state index in [0.29, 0.717) is 45.1 Å². The number of para-hydroxylation sites is 1. The third-order valence-corrected chi connectivity index (χ3v) is 7.27. The fraction of sp³-hybridized carbons (Fsp3) is 0.250. The molecule has 0 aliphatic carbocycles. The normalized spacial score (nSPS) is 12.3. The molecule has 0 amide bonds. The number of halogens is 1. The summed E-state index contributed by atoms with van der Waals surface area (Å²) in [6.45, 7) is 1.32. The molecule has 1 N–H and O–H groups in total. The lowest BCUT2D eigenvalue weighted by atomic mass is 10.2. The van der Waals surface area contributed by atoms with Crippen LogP contribution in [0.25, 0.3) is 17.1 Å². The van der Waals surface area contributed by atoms with Gasteiger partial charge in [-0.05, 0) is 43.3 Å². The summed E-state index contributed by atoms with van der Waals surface area (Å²) >= 11 is 5.86. The molecule has 194 valence electrons. The highest BCUT2D eigenvalue weighted by atomic mass is 35.5. The first-order chi connectivity index (χ1) is 17.8. The van der Waals surface area contributed by atoms with Gasteiger partial charge < -0.3 is 9.47 Å². The zero-order valence-corrected chi connectivity index (χ0v) is 21.9. The van der Waals surface area contributed by atoms with Gasteiger partial charge >= 0.3 is 0 Å². The molecule has 0 aliphatic rings. The molecule has 0 saturated heterocycles. The lowest BCUT2D eigenvalue weighted by molar-refractivity contribution is 0.0731. The maximum absolute atomic E-state index is 12.8. The van der Waals surface area contributed by atoms with Crippen LogP contribution in [0.15, 0.2) is 61.1 Å². The quantitative estimate of drug-likeness (QED) is 0.282. The molecule has 4 aromatic rings. The number of ether oxygens (including phenoxy) is 2. The first-order valence-corrected chi connectivity index (χ1v) is 13.1. The van der Waals surface area contributed by atoms with Crippen molar-refractivity contribution in [3.63, 3.8) is 0 Å². The van der Waals surface area contributed by atoms with E-state index in [1.807, 2.05) is 6.07 Å². The molecule has 0 aliphatic heterocycles. The topological polar surface area (TPSA) is 130 Å². The average Bonchev–Trinajstić information content (AvgIpc) is 3.33. The van der Waals surface area contributed by atoms with E-state index in [4.69, 9.17) is 25.9 Å². The van der Waals surface area contributed by atoms with Crippen molar-refractivity contribution in [2.45, 2.75) is 25.2 Å². The molecule has 0 radical (unpaired) electrons. The van der Waals surface area contributed by atoms with E-state index in [1.165, 1.54) is 20.4 Å². The van der Waals surface area contributed by atoms with Crippen LogP contribution in [0.2, 0.25) is 5.02 Å². The SMILES string of the molecule is COc1cccc(OC)c1-n1c(CONS(=O)(=O)[C@H](C)Cc2ccc(Cl)cn2)nnc1-c1cccnc1. The highest BCUT2D eigenvalue weighted by Gasteiger charge is 2.25. The first-order valence-electron chi connectivity index (χ1n) is 11.1. The van der Waals surface area contributed by atoms with Crippen molar-refractivity contribution in [2.24, 2.45) is 0 Å². The Kier molecular flexibility index (Phi) is 8.34. The second-order valence-corrected chi connectivity index (χ2v) is 10.4. The van der Waals surface area contributed by atoms with Gasteiger partial charge in [-0.1, -0.05) is 22.6 Å². The number of aromatic nitrogens is 5. The van der Waals surface area contributed by atoms with Gasteiger partial charge in [0.1, 0.15) is 23.8 Å². The maximum Gasteiger partial charge on any atom is 0.236 e. The predicted molar refractivity (Wildman–Crippen MR) is 137 cm³/mol. The predicted octanol–water partition coefficient (Wildman–Crippen LogP) is 3.38. The molecule has 13 heteroatoms. The molecule has 0 bridgehead atoms. The highest BCUT2D eigenvalue weighted by molar-refractivity contribution is 7.89. The van der Waals surface area contributed by atoms with Crippen molar-refractivity contribution >= 4 is 21.6 Å². The van der Waals surface area contributed by atoms with Crippen LogP contribution in [0.3, 0.4) is 0 Å². The summed E-state index contributed by atoms with van der Waals surface area (Å²) in [6.07, 6.45) is 4.93. The minimum absolute atomic E-state index is 0.176. The standard InChI is InChI=1S/C24H25ClN6O5S/c1-16(12-19-10-9-18(25)14-27-19)37(32,33)30-36-15-22-28-29-24(17-6-5-11-26-13-17)31(22)23-20(34-2)7-4-8-21(23)35-3/h4-11,13-14,16,30H,12,15H2,1-3H3/t16-/m1/s1. The number of nitrogens with one attached hydrogen (secondary N) is 1. The molecule has 3 aromatic heterocycles. The molecule has 0 spiro atoms. The second kappa shape index (κ2) is 11.6. The van der Waals surface area contributed by atoms with E-state index in [1.54, 1.807) is 60.3 Å². The number of benzene rings is 1. The van der Waals surface area contributed by atoms with E-state index in [2.05, 4.69) is 25.1 Å². The van der Waals surface area contributed by atoms with Gasteiger partial charge in [-0.2, -0.15) is 0 Å². The van der Waals surface area contributed by atoms with Crippen LogP contribution < -0.4 is 14.4 Å². The van der Waals surface area contributed by atoms with Gasteiger partial charge in [0.2, 0.25) is 10.0 Å². The average molecular weight is 545 g/mol. The Morgan fingerprint density at radius 1 is 1.03 bits per heavy atom. The number of pyridine rings is 2. The summed E-state index contributed by atoms with van der Waals surface area (Å²) in [5, 5.41) is 8.22. The Labute approximate surface area is 219 Å². The Hall–Kier alpha value is -3.58. The molecule has 37 heavy (non-hydrogen) atoms. The van der Waals surface area contributed by atoms with E-state index >= 15 is 0 Å². The minimum Gasteiger partial charge on any atom is -0.494 e. The van der Waals surface area contributed by atoms with Crippen LogP contribution in [0.5, 0.6) is 11.5 Å². The number of hydrogen-bond acceptors (Lipinski definition) is 9. The van der Waals surface area contributed by atoms with Crippen LogP contribution in [-0.4, -0.2) is 52.6 Å². The number of methoxy groups -OCH3 is 2. The van der Waals surface area contributed by atoms with Gasteiger partial charge in [0.05, 0.1) is 24.5 Å². The molecule has 0 saturated carbocycles. The van der Waals surface area contributed by atoms with Crippen molar-refractivity contribution in [3.05, 3.63) is 77.6 Å². The van der Waals surface area contributed by atoms with Gasteiger partial charge in [-0.15, -0.1) is 10.2 Å². The molecular weight excluding hydrogens is 520 g/mol. The smallest absolute Gasteiger partial charge is 0.236 e. The third-order valence-electron chi connectivity index (χ3n) is 5.47. The largest absolute Gasteiger partial charge is 0.494 e. The van der Waals surface area contributed by atoms with Crippen molar-refractivity contribution in [1.29, 1.82) is 0 Å². The zero-order chi connectivity index (χ0) is 26.4.